The first kappa shape index (κ1) is 16.7. The van der Waals surface area contributed by atoms with Crippen molar-refractivity contribution in [2.45, 2.75) is 47.0 Å². The summed E-state index contributed by atoms with van der Waals surface area (Å²) < 4.78 is 0. The Kier molecular flexibility index (Phi) is 5.95. The van der Waals surface area contributed by atoms with Gasteiger partial charge in [-0.25, -0.2) is 0 Å². The van der Waals surface area contributed by atoms with E-state index < -0.39 is 5.41 Å². The highest BCUT2D eigenvalue weighted by Crippen LogP contribution is 2.31. The molecule has 0 radical (unpaired) electrons. The number of nitrogens with two attached hydrogens (primary N) is 1. The van der Waals surface area contributed by atoms with Crippen LogP contribution in [-0.4, -0.2) is 30.4 Å². The molecule has 0 aromatic heterocycles. The summed E-state index contributed by atoms with van der Waals surface area (Å²) in [5, 5.41) is 0. The molecule has 0 atom stereocenters. The van der Waals surface area contributed by atoms with Crippen molar-refractivity contribution >= 4 is 18.3 Å². The Balaban J connectivity index is 0.00000256. The van der Waals surface area contributed by atoms with Crippen LogP contribution in [0.1, 0.15) is 47.0 Å². The SMILES string of the molecule is CC1(C)CCCN(C(=O)C(C)(C)CN)CC1.Cl. The summed E-state index contributed by atoms with van der Waals surface area (Å²) in [5.74, 6) is 0.215. The maximum absolute atomic E-state index is 12.3. The lowest BCUT2D eigenvalue weighted by Crippen LogP contribution is -2.45. The Morgan fingerprint density at radius 2 is 1.88 bits per heavy atom. The molecular formula is C13H27ClN2O. The standard InChI is InChI=1S/C13H26N2O.ClH/c1-12(2)6-5-8-15(9-7-12)11(16)13(3,4)10-14;/h5-10,14H2,1-4H3;1H. The van der Waals surface area contributed by atoms with E-state index in [9.17, 15) is 4.79 Å². The second kappa shape index (κ2) is 6.05. The molecule has 17 heavy (non-hydrogen) atoms. The van der Waals surface area contributed by atoms with E-state index in [0.717, 1.165) is 25.9 Å². The molecule has 0 aliphatic carbocycles. The van der Waals surface area contributed by atoms with Crippen LogP contribution in [0.4, 0.5) is 0 Å². The van der Waals surface area contributed by atoms with Crippen molar-refractivity contribution in [3.63, 3.8) is 0 Å². The third kappa shape index (κ3) is 4.47. The van der Waals surface area contributed by atoms with E-state index in [1.807, 2.05) is 18.7 Å². The molecule has 1 heterocycles. The summed E-state index contributed by atoms with van der Waals surface area (Å²) in [7, 11) is 0. The van der Waals surface area contributed by atoms with E-state index in [2.05, 4.69) is 13.8 Å². The minimum atomic E-state index is -0.408. The lowest BCUT2D eigenvalue weighted by Gasteiger charge is -2.30. The lowest BCUT2D eigenvalue weighted by molar-refractivity contribution is -0.139. The van der Waals surface area contributed by atoms with Crippen LogP contribution in [-0.2, 0) is 4.79 Å². The van der Waals surface area contributed by atoms with Gasteiger partial charge in [0.1, 0.15) is 0 Å². The average Bonchev–Trinajstić information content (AvgIpc) is 2.38. The maximum atomic E-state index is 12.3. The molecule has 0 unspecified atom stereocenters. The van der Waals surface area contributed by atoms with Crippen LogP contribution in [0.3, 0.4) is 0 Å². The predicted molar refractivity (Wildman–Crippen MR) is 74.3 cm³/mol. The van der Waals surface area contributed by atoms with E-state index in [-0.39, 0.29) is 18.3 Å². The molecule has 1 aliphatic heterocycles. The second-order valence-corrected chi connectivity index (χ2v) is 6.40. The van der Waals surface area contributed by atoms with Gasteiger partial charge in [-0.1, -0.05) is 13.8 Å². The molecule has 0 saturated carbocycles. The van der Waals surface area contributed by atoms with Crippen LogP contribution >= 0.6 is 12.4 Å². The number of hydrogen-bond donors (Lipinski definition) is 1. The molecule has 4 heteroatoms. The normalized spacial score (nSPS) is 20.4. The monoisotopic (exact) mass is 262 g/mol. The van der Waals surface area contributed by atoms with Crippen LogP contribution in [0.2, 0.25) is 0 Å². The summed E-state index contributed by atoms with van der Waals surface area (Å²) >= 11 is 0. The van der Waals surface area contributed by atoms with Gasteiger partial charge >= 0.3 is 0 Å². The number of carbonyl (C=O) groups is 1. The van der Waals surface area contributed by atoms with Gasteiger partial charge in [0.2, 0.25) is 5.91 Å². The molecule has 1 saturated heterocycles. The molecule has 3 nitrogen and oxygen atoms in total. The predicted octanol–water partition coefficient (Wildman–Crippen LogP) is 2.43. The van der Waals surface area contributed by atoms with Crippen molar-refractivity contribution in [2.24, 2.45) is 16.6 Å². The van der Waals surface area contributed by atoms with Crippen molar-refractivity contribution < 1.29 is 4.79 Å². The van der Waals surface area contributed by atoms with Crippen LogP contribution in [0.25, 0.3) is 0 Å². The van der Waals surface area contributed by atoms with Crippen LogP contribution in [0.5, 0.6) is 0 Å². The van der Waals surface area contributed by atoms with Gasteiger partial charge in [0.05, 0.1) is 5.41 Å². The number of nitrogens with zero attached hydrogens (tertiary/aromatic N) is 1. The fraction of sp³-hybridized carbons (Fsp3) is 0.923. The fourth-order valence-electron chi connectivity index (χ4n) is 2.14. The summed E-state index contributed by atoms with van der Waals surface area (Å²) in [5.41, 5.74) is 5.63. The summed E-state index contributed by atoms with van der Waals surface area (Å²) in [6, 6.07) is 0. The minimum Gasteiger partial charge on any atom is -0.342 e. The number of likely N-dealkylation sites (tertiary alicyclic amines) is 1. The average molecular weight is 263 g/mol. The number of amides is 1. The first-order valence-corrected chi connectivity index (χ1v) is 6.28. The van der Waals surface area contributed by atoms with Gasteiger partial charge in [-0.3, -0.25) is 4.79 Å². The zero-order chi connectivity index (χ0) is 12.4. The topological polar surface area (TPSA) is 46.3 Å². The van der Waals surface area contributed by atoms with Crippen LogP contribution < -0.4 is 5.73 Å². The number of hydrogen-bond acceptors (Lipinski definition) is 2. The number of rotatable bonds is 2. The molecule has 0 bridgehead atoms. The third-order valence-electron chi connectivity index (χ3n) is 3.72. The smallest absolute Gasteiger partial charge is 0.229 e. The Labute approximate surface area is 112 Å². The highest BCUT2D eigenvalue weighted by atomic mass is 35.5. The van der Waals surface area contributed by atoms with Gasteiger partial charge in [-0.05, 0) is 38.5 Å². The third-order valence-corrected chi connectivity index (χ3v) is 3.72. The van der Waals surface area contributed by atoms with E-state index >= 15 is 0 Å². The quantitative estimate of drug-likeness (QED) is 0.831. The first-order chi connectivity index (χ1) is 7.28. The Bertz CT molecular complexity index is 264. The fourth-order valence-corrected chi connectivity index (χ4v) is 2.14. The van der Waals surface area contributed by atoms with Crippen LogP contribution in [0.15, 0.2) is 0 Å². The van der Waals surface area contributed by atoms with Gasteiger partial charge in [0.15, 0.2) is 0 Å². The van der Waals surface area contributed by atoms with E-state index in [0.29, 0.717) is 12.0 Å². The van der Waals surface area contributed by atoms with Crippen molar-refractivity contribution in [2.75, 3.05) is 19.6 Å². The molecule has 0 spiro atoms. The molecule has 0 aromatic rings. The number of halogens is 1. The van der Waals surface area contributed by atoms with E-state index in [1.165, 1.54) is 6.42 Å². The van der Waals surface area contributed by atoms with Crippen molar-refractivity contribution in [3.05, 3.63) is 0 Å². The molecular weight excluding hydrogens is 236 g/mol. The zero-order valence-corrected chi connectivity index (χ0v) is 12.4. The summed E-state index contributed by atoms with van der Waals surface area (Å²) in [6.07, 6.45) is 3.42. The van der Waals surface area contributed by atoms with Gasteiger partial charge in [0, 0.05) is 19.6 Å². The van der Waals surface area contributed by atoms with Gasteiger partial charge < -0.3 is 10.6 Å². The maximum Gasteiger partial charge on any atom is 0.229 e. The molecule has 1 aliphatic rings. The van der Waals surface area contributed by atoms with Crippen LogP contribution in [0, 0.1) is 10.8 Å². The molecule has 1 amide bonds. The number of carbonyl (C=O) groups excluding carboxylic acids is 1. The van der Waals surface area contributed by atoms with Gasteiger partial charge in [-0.2, -0.15) is 0 Å². The van der Waals surface area contributed by atoms with E-state index in [4.69, 9.17) is 5.73 Å². The van der Waals surface area contributed by atoms with Gasteiger partial charge in [0.25, 0.3) is 0 Å². The van der Waals surface area contributed by atoms with Gasteiger partial charge in [-0.15, -0.1) is 12.4 Å². The highest BCUT2D eigenvalue weighted by molar-refractivity contribution is 5.85. The lowest BCUT2D eigenvalue weighted by atomic mass is 9.85. The van der Waals surface area contributed by atoms with Crippen molar-refractivity contribution in [1.82, 2.24) is 4.90 Å². The Hall–Kier alpha value is -0.280. The summed E-state index contributed by atoms with van der Waals surface area (Å²) in [6.45, 7) is 10.6. The molecule has 102 valence electrons. The summed E-state index contributed by atoms with van der Waals surface area (Å²) in [4.78, 5) is 14.3. The molecule has 1 rings (SSSR count). The minimum absolute atomic E-state index is 0. The van der Waals surface area contributed by atoms with E-state index in [1.54, 1.807) is 0 Å². The Morgan fingerprint density at radius 1 is 1.29 bits per heavy atom. The second-order valence-electron chi connectivity index (χ2n) is 6.40. The largest absolute Gasteiger partial charge is 0.342 e. The van der Waals surface area contributed by atoms with Crippen molar-refractivity contribution in [1.29, 1.82) is 0 Å². The van der Waals surface area contributed by atoms with Crippen molar-refractivity contribution in [3.8, 4) is 0 Å². The zero-order valence-electron chi connectivity index (χ0n) is 11.6. The molecule has 1 fully saturated rings. The first-order valence-electron chi connectivity index (χ1n) is 6.28. The molecule has 2 N–H and O–H groups in total. The Morgan fingerprint density at radius 3 is 2.41 bits per heavy atom. The highest BCUT2D eigenvalue weighted by Gasteiger charge is 2.33. The molecule has 0 aromatic carbocycles.